The van der Waals surface area contributed by atoms with Gasteiger partial charge in [0.2, 0.25) is 5.91 Å². The van der Waals surface area contributed by atoms with Gasteiger partial charge in [-0.15, -0.1) is 0 Å². The third kappa shape index (κ3) is 3.37. The summed E-state index contributed by atoms with van der Waals surface area (Å²) in [4.78, 5) is 14.8. The van der Waals surface area contributed by atoms with Gasteiger partial charge in [0, 0.05) is 12.2 Å². The van der Waals surface area contributed by atoms with E-state index in [2.05, 4.69) is 0 Å². The van der Waals surface area contributed by atoms with Gasteiger partial charge in [-0.25, -0.2) is 0 Å². The largest absolute Gasteiger partial charge is 0.395 e. The highest BCUT2D eigenvalue weighted by Crippen LogP contribution is 2.33. The minimum Gasteiger partial charge on any atom is -0.395 e. The molecule has 3 nitrogen and oxygen atoms in total. The Morgan fingerprint density at radius 1 is 1.05 bits per heavy atom. The Bertz CT molecular complexity index is 608. The highest BCUT2D eigenvalue weighted by Gasteiger charge is 2.31. The summed E-state index contributed by atoms with van der Waals surface area (Å²) in [6, 6.07) is 19.3. The van der Waals surface area contributed by atoms with Crippen molar-refractivity contribution in [2.24, 2.45) is 5.92 Å². The molecule has 2 aromatic rings. The zero-order chi connectivity index (χ0) is 15.4. The molecule has 1 aliphatic rings. The molecule has 1 fully saturated rings. The smallest absolute Gasteiger partial charge is 0.236 e. The van der Waals surface area contributed by atoms with Gasteiger partial charge >= 0.3 is 0 Å². The Kier molecular flexibility index (Phi) is 4.54. The fourth-order valence-corrected chi connectivity index (χ4v) is 2.69. The first-order chi connectivity index (χ1) is 10.8. The average molecular weight is 295 g/mol. The number of para-hydroxylation sites is 1. The van der Waals surface area contributed by atoms with Crippen LogP contribution in [0.1, 0.15) is 24.3 Å². The molecule has 2 aromatic carbocycles. The molecular weight excluding hydrogens is 274 g/mol. The molecule has 0 radical (unpaired) electrons. The van der Waals surface area contributed by atoms with E-state index >= 15 is 0 Å². The summed E-state index contributed by atoms with van der Waals surface area (Å²) < 4.78 is 0. The lowest BCUT2D eigenvalue weighted by atomic mass is 9.98. The Morgan fingerprint density at radius 3 is 2.18 bits per heavy atom. The van der Waals surface area contributed by atoms with E-state index in [0.717, 1.165) is 17.8 Å². The molecule has 22 heavy (non-hydrogen) atoms. The number of amides is 1. The van der Waals surface area contributed by atoms with Crippen molar-refractivity contribution in [1.29, 1.82) is 0 Å². The van der Waals surface area contributed by atoms with Crippen molar-refractivity contribution in [2.75, 3.05) is 18.1 Å². The SMILES string of the molecule is O=C(C(CO)c1ccccc1)N(CC1CC1)c1ccccc1. The molecule has 3 heteroatoms. The summed E-state index contributed by atoms with van der Waals surface area (Å²) in [5.74, 6) is 0.0752. The van der Waals surface area contributed by atoms with Gasteiger partial charge in [0.25, 0.3) is 0 Å². The lowest BCUT2D eigenvalue weighted by Crippen LogP contribution is -2.38. The molecule has 0 bridgehead atoms. The third-order valence-corrected chi connectivity index (χ3v) is 4.15. The van der Waals surface area contributed by atoms with E-state index in [1.807, 2.05) is 65.6 Å². The van der Waals surface area contributed by atoms with Gasteiger partial charge in [-0.2, -0.15) is 0 Å². The van der Waals surface area contributed by atoms with Crippen LogP contribution < -0.4 is 4.90 Å². The molecule has 1 atom stereocenters. The van der Waals surface area contributed by atoms with Gasteiger partial charge in [-0.1, -0.05) is 48.5 Å². The summed E-state index contributed by atoms with van der Waals surface area (Å²) in [7, 11) is 0. The van der Waals surface area contributed by atoms with Crippen LogP contribution in [-0.4, -0.2) is 24.2 Å². The molecular formula is C19H21NO2. The van der Waals surface area contributed by atoms with Gasteiger partial charge < -0.3 is 10.0 Å². The van der Waals surface area contributed by atoms with Gasteiger partial charge in [0.05, 0.1) is 12.5 Å². The zero-order valence-electron chi connectivity index (χ0n) is 12.6. The van der Waals surface area contributed by atoms with Crippen molar-refractivity contribution in [1.82, 2.24) is 0 Å². The summed E-state index contributed by atoms with van der Waals surface area (Å²) in [6.07, 6.45) is 2.37. The van der Waals surface area contributed by atoms with Crippen molar-refractivity contribution in [2.45, 2.75) is 18.8 Å². The number of hydrogen-bond donors (Lipinski definition) is 1. The molecule has 1 N–H and O–H groups in total. The number of nitrogens with zero attached hydrogens (tertiary/aromatic N) is 1. The monoisotopic (exact) mass is 295 g/mol. The van der Waals surface area contributed by atoms with Crippen LogP contribution in [0.4, 0.5) is 5.69 Å². The van der Waals surface area contributed by atoms with Gasteiger partial charge in [0.1, 0.15) is 0 Å². The van der Waals surface area contributed by atoms with Crippen LogP contribution in [0.5, 0.6) is 0 Å². The molecule has 114 valence electrons. The minimum absolute atomic E-state index is 0.0215. The summed E-state index contributed by atoms with van der Waals surface area (Å²) in [5, 5.41) is 9.75. The molecule has 1 aliphatic carbocycles. The normalized spacial score (nSPS) is 15.3. The highest BCUT2D eigenvalue weighted by molar-refractivity contribution is 5.98. The van der Waals surface area contributed by atoms with Crippen molar-refractivity contribution in [3.05, 3.63) is 66.2 Å². The number of aliphatic hydroxyl groups is 1. The van der Waals surface area contributed by atoms with E-state index < -0.39 is 5.92 Å². The van der Waals surface area contributed by atoms with E-state index in [9.17, 15) is 9.90 Å². The molecule has 0 spiro atoms. The van der Waals surface area contributed by atoms with Gasteiger partial charge in [-0.05, 0) is 36.5 Å². The van der Waals surface area contributed by atoms with Crippen LogP contribution in [0.2, 0.25) is 0 Å². The molecule has 1 unspecified atom stereocenters. The van der Waals surface area contributed by atoms with Crippen molar-refractivity contribution in [3.63, 3.8) is 0 Å². The fourth-order valence-electron chi connectivity index (χ4n) is 2.69. The summed E-state index contributed by atoms with van der Waals surface area (Å²) in [6.45, 7) is 0.572. The molecule has 1 saturated carbocycles. The third-order valence-electron chi connectivity index (χ3n) is 4.15. The van der Waals surface area contributed by atoms with Crippen molar-refractivity contribution >= 4 is 11.6 Å². The zero-order valence-corrected chi connectivity index (χ0v) is 12.6. The molecule has 0 aromatic heterocycles. The van der Waals surface area contributed by atoms with E-state index in [0.29, 0.717) is 5.92 Å². The number of rotatable bonds is 6. The maximum absolute atomic E-state index is 13.0. The van der Waals surface area contributed by atoms with E-state index in [-0.39, 0.29) is 12.5 Å². The lowest BCUT2D eigenvalue weighted by molar-refractivity contribution is -0.120. The lowest BCUT2D eigenvalue weighted by Gasteiger charge is -2.27. The standard InChI is InChI=1S/C19H21NO2/c21-14-18(16-7-3-1-4-8-16)19(22)20(13-15-11-12-15)17-9-5-2-6-10-17/h1-10,15,18,21H,11-14H2. The van der Waals surface area contributed by atoms with Crippen LogP contribution in [0, 0.1) is 5.92 Å². The first kappa shape index (κ1) is 14.8. The first-order valence-corrected chi connectivity index (χ1v) is 7.82. The Hall–Kier alpha value is -2.13. The number of hydrogen-bond acceptors (Lipinski definition) is 2. The van der Waals surface area contributed by atoms with E-state index in [4.69, 9.17) is 0 Å². The highest BCUT2D eigenvalue weighted by atomic mass is 16.3. The Balaban J connectivity index is 1.87. The Labute approximate surface area is 131 Å². The van der Waals surface area contributed by atoms with E-state index in [1.54, 1.807) is 0 Å². The Morgan fingerprint density at radius 2 is 1.64 bits per heavy atom. The minimum atomic E-state index is -0.500. The maximum atomic E-state index is 13.0. The number of benzene rings is 2. The summed E-state index contributed by atoms with van der Waals surface area (Å²) >= 11 is 0. The number of anilines is 1. The second kappa shape index (κ2) is 6.75. The van der Waals surface area contributed by atoms with Crippen LogP contribution >= 0.6 is 0 Å². The van der Waals surface area contributed by atoms with Crippen LogP contribution in [-0.2, 0) is 4.79 Å². The van der Waals surface area contributed by atoms with Crippen LogP contribution in [0.15, 0.2) is 60.7 Å². The fraction of sp³-hybridized carbons (Fsp3) is 0.316. The van der Waals surface area contributed by atoms with Gasteiger partial charge in [0.15, 0.2) is 0 Å². The predicted octanol–water partition coefficient (Wildman–Crippen LogP) is 3.21. The second-order valence-electron chi connectivity index (χ2n) is 5.87. The molecule has 0 aliphatic heterocycles. The number of carbonyl (C=O) groups is 1. The van der Waals surface area contributed by atoms with Gasteiger partial charge in [-0.3, -0.25) is 4.79 Å². The summed E-state index contributed by atoms with van der Waals surface area (Å²) in [5.41, 5.74) is 1.78. The van der Waals surface area contributed by atoms with Crippen LogP contribution in [0.25, 0.3) is 0 Å². The van der Waals surface area contributed by atoms with E-state index in [1.165, 1.54) is 12.8 Å². The topological polar surface area (TPSA) is 40.5 Å². The average Bonchev–Trinajstić information content (AvgIpc) is 3.39. The number of carbonyl (C=O) groups excluding carboxylic acids is 1. The molecule has 0 heterocycles. The quantitative estimate of drug-likeness (QED) is 0.889. The first-order valence-electron chi connectivity index (χ1n) is 7.82. The second-order valence-corrected chi connectivity index (χ2v) is 5.87. The molecule has 3 rings (SSSR count). The predicted molar refractivity (Wildman–Crippen MR) is 87.8 cm³/mol. The molecule has 0 saturated heterocycles. The van der Waals surface area contributed by atoms with Crippen LogP contribution in [0.3, 0.4) is 0 Å². The maximum Gasteiger partial charge on any atom is 0.236 e. The van der Waals surface area contributed by atoms with Crippen molar-refractivity contribution < 1.29 is 9.90 Å². The molecule has 1 amide bonds. The van der Waals surface area contributed by atoms with Crippen molar-refractivity contribution in [3.8, 4) is 0 Å². The number of aliphatic hydroxyl groups excluding tert-OH is 1.